The number of ether oxygens (including phenoxy) is 1. The molecule has 1 aliphatic rings. The van der Waals surface area contributed by atoms with Crippen LogP contribution in [0.5, 0.6) is 0 Å². The van der Waals surface area contributed by atoms with Crippen molar-refractivity contribution >= 4 is 11.9 Å². The van der Waals surface area contributed by atoms with Gasteiger partial charge in [0.15, 0.2) is 11.8 Å². The number of hydrogen-bond donors (Lipinski definition) is 1. The summed E-state index contributed by atoms with van der Waals surface area (Å²) in [6.07, 6.45) is 7.54. The summed E-state index contributed by atoms with van der Waals surface area (Å²) in [4.78, 5) is 35.9. The van der Waals surface area contributed by atoms with Gasteiger partial charge in [-0.05, 0) is 51.5 Å². The maximum Gasteiger partial charge on any atom is 0.359 e. The molecule has 7 heteroatoms. The Morgan fingerprint density at radius 3 is 2.85 bits per heavy atom. The predicted molar refractivity (Wildman–Crippen MR) is 97.8 cm³/mol. The summed E-state index contributed by atoms with van der Waals surface area (Å²) in [6, 6.07) is 2.60. The standard InChI is InChI=1S/C19H27N3O4/c1-3-13-22-17(23)10-9-16(21-22)19(25)26-14(2)18(24)20-12-11-15-7-5-4-6-8-15/h7,9-10,14H,3-6,8,11-13H2,1-2H3,(H,20,24). The Morgan fingerprint density at radius 1 is 1.35 bits per heavy atom. The zero-order valence-corrected chi connectivity index (χ0v) is 15.5. The van der Waals surface area contributed by atoms with Crippen LogP contribution in [0.1, 0.15) is 62.9 Å². The normalized spacial score (nSPS) is 15.1. The fourth-order valence-electron chi connectivity index (χ4n) is 2.83. The molecule has 0 bridgehead atoms. The molecule has 1 aromatic heterocycles. The number of nitrogens with one attached hydrogen (secondary N) is 1. The highest BCUT2D eigenvalue weighted by Gasteiger charge is 2.20. The van der Waals surface area contributed by atoms with Crippen LogP contribution in [0.3, 0.4) is 0 Å². The van der Waals surface area contributed by atoms with Gasteiger partial charge in [-0.3, -0.25) is 9.59 Å². The minimum absolute atomic E-state index is 0.0186. The Balaban J connectivity index is 1.83. The summed E-state index contributed by atoms with van der Waals surface area (Å²) in [5.41, 5.74) is 1.12. The van der Waals surface area contributed by atoms with E-state index in [0.29, 0.717) is 13.1 Å². The number of hydrogen-bond acceptors (Lipinski definition) is 5. The second-order valence-electron chi connectivity index (χ2n) is 6.48. The van der Waals surface area contributed by atoms with E-state index in [1.54, 1.807) is 0 Å². The first-order valence-corrected chi connectivity index (χ1v) is 9.26. The number of rotatable bonds is 8. The second-order valence-corrected chi connectivity index (χ2v) is 6.48. The second kappa shape index (κ2) is 9.89. The monoisotopic (exact) mass is 361 g/mol. The number of aromatic nitrogens is 2. The maximum atomic E-state index is 12.2. The van der Waals surface area contributed by atoms with Crippen LogP contribution in [0.2, 0.25) is 0 Å². The molecule has 1 heterocycles. The van der Waals surface area contributed by atoms with Gasteiger partial charge in [0.05, 0.1) is 0 Å². The van der Waals surface area contributed by atoms with E-state index in [9.17, 15) is 14.4 Å². The quantitative estimate of drug-likeness (QED) is 0.566. The van der Waals surface area contributed by atoms with Crippen LogP contribution < -0.4 is 10.9 Å². The van der Waals surface area contributed by atoms with Crippen LogP contribution in [0.4, 0.5) is 0 Å². The van der Waals surface area contributed by atoms with Gasteiger partial charge >= 0.3 is 5.97 Å². The lowest BCUT2D eigenvalue weighted by molar-refractivity contribution is -0.129. The first-order chi connectivity index (χ1) is 12.5. The van der Waals surface area contributed by atoms with E-state index in [-0.39, 0.29) is 17.2 Å². The molecule has 1 amide bonds. The number of amides is 1. The fraction of sp³-hybridized carbons (Fsp3) is 0.579. The molecule has 7 nitrogen and oxygen atoms in total. The molecule has 0 radical (unpaired) electrons. The molecule has 0 aliphatic heterocycles. The third kappa shape index (κ3) is 5.82. The Hall–Kier alpha value is -2.44. The zero-order chi connectivity index (χ0) is 18.9. The van der Waals surface area contributed by atoms with Gasteiger partial charge in [-0.25, -0.2) is 9.48 Å². The van der Waals surface area contributed by atoms with Crippen molar-refractivity contribution in [2.45, 2.75) is 65.0 Å². The Bertz CT molecular complexity index is 724. The maximum absolute atomic E-state index is 12.2. The van der Waals surface area contributed by atoms with E-state index >= 15 is 0 Å². The van der Waals surface area contributed by atoms with Gasteiger partial charge in [-0.15, -0.1) is 0 Å². The van der Waals surface area contributed by atoms with Crippen LogP contribution in [-0.2, 0) is 16.1 Å². The van der Waals surface area contributed by atoms with Crippen LogP contribution in [-0.4, -0.2) is 34.3 Å². The molecule has 0 saturated carbocycles. The average molecular weight is 361 g/mol. The lowest BCUT2D eigenvalue weighted by Crippen LogP contribution is -2.37. The van der Waals surface area contributed by atoms with Crippen molar-refractivity contribution in [1.82, 2.24) is 15.1 Å². The number of nitrogens with zero attached hydrogens (tertiary/aromatic N) is 2. The number of esters is 1. The first-order valence-electron chi connectivity index (χ1n) is 9.26. The molecule has 142 valence electrons. The molecule has 1 unspecified atom stereocenters. The number of aryl methyl sites for hydroxylation is 1. The molecule has 1 N–H and O–H groups in total. The molecule has 0 saturated heterocycles. The van der Waals surface area contributed by atoms with Crippen molar-refractivity contribution in [2.75, 3.05) is 6.54 Å². The van der Waals surface area contributed by atoms with Crippen LogP contribution >= 0.6 is 0 Å². The minimum atomic E-state index is -0.920. The molecule has 2 rings (SSSR count). The van der Waals surface area contributed by atoms with Crippen LogP contribution in [0, 0.1) is 0 Å². The smallest absolute Gasteiger partial charge is 0.359 e. The average Bonchev–Trinajstić information content (AvgIpc) is 2.64. The summed E-state index contributed by atoms with van der Waals surface area (Å²) in [5, 5.41) is 6.78. The van der Waals surface area contributed by atoms with Crippen LogP contribution in [0.15, 0.2) is 28.6 Å². The van der Waals surface area contributed by atoms with E-state index in [2.05, 4.69) is 16.5 Å². The molecule has 0 aromatic carbocycles. The highest BCUT2D eigenvalue weighted by Crippen LogP contribution is 2.19. The molecule has 26 heavy (non-hydrogen) atoms. The summed E-state index contributed by atoms with van der Waals surface area (Å²) in [7, 11) is 0. The van der Waals surface area contributed by atoms with Gasteiger partial charge in [0, 0.05) is 19.2 Å². The van der Waals surface area contributed by atoms with Crippen molar-refractivity contribution in [3.05, 3.63) is 39.8 Å². The highest BCUT2D eigenvalue weighted by atomic mass is 16.5. The summed E-state index contributed by atoms with van der Waals surface area (Å²) in [6.45, 7) is 4.39. The van der Waals surface area contributed by atoms with Crippen molar-refractivity contribution in [1.29, 1.82) is 0 Å². The van der Waals surface area contributed by atoms with Crippen molar-refractivity contribution in [3.63, 3.8) is 0 Å². The Labute approximate surface area is 153 Å². The van der Waals surface area contributed by atoms with Gasteiger partial charge in [0.25, 0.3) is 11.5 Å². The number of carbonyl (C=O) groups is 2. The molecule has 0 spiro atoms. The van der Waals surface area contributed by atoms with Crippen molar-refractivity contribution in [3.8, 4) is 0 Å². The largest absolute Gasteiger partial charge is 0.448 e. The fourth-order valence-corrected chi connectivity index (χ4v) is 2.83. The van der Waals surface area contributed by atoms with E-state index in [1.807, 2.05) is 6.92 Å². The SMILES string of the molecule is CCCn1nc(C(=O)OC(C)C(=O)NCCC2=CCCCC2)ccc1=O. The predicted octanol–water partition coefficient (Wildman–Crippen LogP) is 2.21. The molecular formula is C19H27N3O4. The molecule has 1 aliphatic carbocycles. The molecule has 1 aromatic rings. The summed E-state index contributed by atoms with van der Waals surface area (Å²) in [5.74, 6) is -1.05. The summed E-state index contributed by atoms with van der Waals surface area (Å²) >= 11 is 0. The third-order valence-corrected chi connectivity index (χ3v) is 4.29. The van der Waals surface area contributed by atoms with E-state index < -0.39 is 12.1 Å². The zero-order valence-electron chi connectivity index (χ0n) is 15.5. The lowest BCUT2D eigenvalue weighted by Gasteiger charge is -2.15. The topological polar surface area (TPSA) is 90.3 Å². The summed E-state index contributed by atoms with van der Waals surface area (Å²) < 4.78 is 6.39. The Morgan fingerprint density at radius 2 is 2.15 bits per heavy atom. The Kier molecular flexibility index (Phi) is 7.56. The van der Waals surface area contributed by atoms with Gasteiger partial charge in [0.1, 0.15) is 0 Å². The lowest BCUT2D eigenvalue weighted by atomic mass is 9.97. The van der Waals surface area contributed by atoms with Gasteiger partial charge in [-0.1, -0.05) is 18.6 Å². The highest BCUT2D eigenvalue weighted by molar-refractivity contribution is 5.90. The van der Waals surface area contributed by atoms with Gasteiger partial charge < -0.3 is 10.1 Å². The third-order valence-electron chi connectivity index (χ3n) is 4.29. The number of carbonyl (C=O) groups excluding carboxylic acids is 2. The van der Waals surface area contributed by atoms with Crippen molar-refractivity contribution in [2.24, 2.45) is 0 Å². The van der Waals surface area contributed by atoms with E-state index in [1.165, 1.54) is 42.2 Å². The minimum Gasteiger partial charge on any atom is -0.448 e. The van der Waals surface area contributed by atoms with Gasteiger partial charge in [0.2, 0.25) is 0 Å². The number of allylic oxidation sites excluding steroid dienone is 1. The van der Waals surface area contributed by atoms with Gasteiger partial charge in [-0.2, -0.15) is 5.10 Å². The molecule has 1 atom stereocenters. The molecular weight excluding hydrogens is 334 g/mol. The van der Waals surface area contributed by atoms with Crippen LogP contribution in [0.25, 0.3) is 0 Å². The molecule has 0 fully saturated rings. The van der Waals surface area contributed by atoms with E-state index in [4.69, 9.17) is 4.74 Å². The first kappa shape index (κ1) is 19.9. The van der Waals surface area contributed by atoms with E-state index in [0.717, 1.165) is 25.7 Å². The van der Waals surface area contributed by atoms with Crippen molar-refractivity contribution < 1.29 is 14.3 Å².